The van der Waals surface area contributed by atoms with Gasteiger partial charge in [0.15, 0.2) is 0 Å². The molecule has 0 saturated heterocycles. The van der Waals surface area contributed by atoms with Crippen molar-refractivity contribution in [2.75, 3.05) is 11.1 Å². The van der Waals surface area contributed by atoms with E-state index in [1.165, 1.54) is 12.2 Å². The zero-order chi connectivity index (χ0) is 7.98. The van der Waals surface area contributed by atoms with Crippen molar-refractivity contribution in [1.29, 1.82) is 0 Å². The minimum atomic E-state index is 0.794. The molecule has 0 N–H and O–H groups in total. The maximum Gasteiger partial charge on any atom is 0.00573 e. The van der Waals surface area contributed by atoms with Crippen LogP contribution in [-0.2, 0) is 0 Å². The van der Waals surface area contributed by atoms with E-state index in [0.29, 0.717) is 0 Å². The highest BCUT2D eigenvalue weighted by atomic mass is 79.9. The van der Waals surface area contributed by atoms with E-state index in [1.54, 1.807) is 0 Å². The number of rotatable bonds is 5. The summed E-state index contributed by atoms with van der Waals surface area (Å²) in [6.45, 7) is 6.79. The SMILES string of the molecule is CC(CBr)CCSC(C)C. The summed E-state index contributed by atoms with van der Waals surface area (Å²) < 4.78 is 0. The molecule has 0 nitrogen and oxygen atoms in total. The molecule has 10 heavy (non-hydrogen) atoms. The molecular formula is C8H17BrS. The smallest absolute Gasteiger partial charge is 0.00573 e. The van der Waals surface area contributed by atoms with Crippen LogP contribution in [0.25, 0.3) is 0 Å². The second kappa shape index (κ2) is 6.53. The molecule has 0 aromatic rings. The topological polar surface area (TPSA) is 0 Å². The van der Waals surface area contributed by atoms with Gasteiger partial charge in [0, 0.05) is 5.33 Å². The summed E-state index contributed by atoms with van der Waals surface area (Å²) in [5.74, 6) is 2.15. The fraction of sp³-hybridized carbons (Fsp3) is 1.00. The van der Waals surface area contributed by atoms with E-state index in [-0.39, 0.29) is 0 Å². The Morgan fingerprint density at radius 3 is 2.30 bits per heavy atom. The average molecular weight is 225 g/mol. The highest BCUT2D eigenvalue weighted by Crippen LogP contribution is 2.15. The fourth-order valence-corrected chi connectivity index (χ4v) is 1.92. The molecule has 0 aliphatic heterocycles. The Labute approximate surface area is 77.3 Å². The van der Waals surface area contributed by atoms with Crippen LogP contribution < -0.4 is 0 Å². The van der Waals surface area contributed by atoms with Crippen LogP contribution in [0.3, 0.4) is 0 Å². The standard InChI is InChI=1S/C8H17BrS/c1-7(2)10-5-4-8(3)6-9/h7-8H,4-6H2,1-3H3. The van der Waals surface area contributed by atoms with Crippen molar-refractivity contribution in [3.63, 3.8) is 0 Å². The minimum Gasteiger partial charge on any atom is -0.159 e. The first-order valence-corrected chi connectivity index (χ1v) is 6.01. The first-order valence-electron chi connectivity index (χ1n) is 3.84. The van der Waals surface area contributed by atoms with E-state index in [2.05, 4.69) is 48.5 Å². The summed E-state index contributed by atoms with van der Waals surface area (Å²) in [7, 11) is 0. The van der Waals surface area contributed by atoms with Gasteiger partial charge in [-0.25, -0.2) is 0 Å². The van der Waals surface area contributed by atoms with Gasteiger partial charge in [0.25, 0.3) is 0 Å². The Bertz CT molecular complexity index is 73.7. The minimum absolute atomic E-state index is 0.794. The predicted octanol–water partition coefficient (Wildman–Crippen LogP) is 3.55. The van der Waals surface area contributed by atoms with Crippen LogP contribution in [0.15, 0.2) is 0 Å². The van der Waals surface area contributed by atoms with E-state index >= 15 is 0 Å². The third-order valence-corrected chi connectivity index (χ3v) is 3.57. The van der Waals surface area contributed by atoms with Gasteiger partial charge in [0.1, 0.15) is 0 Å². The van der Waals surface area contributed by atoms with Crippen LogP contribution in [-0.4, -0.2) is 16.3 Å². The molecule has 1 atom stereocenters. The molecule has 0 aromatic heterocycles. The van der Waals surface area contributed by atoms with Gasteiger partial charge in [0.2, 0.25) is 0 Å². The quantitative estimate of drug-likeness (QED) is 0.645. The Kier molecular flexibility index (Phi) is 7.08. The van der Waals surface area contributed by atoms with Crippen LogP contribution in [0.5, 0.6) is 0 Å². The van der Waals surface area contributed by atoms with Gasteiger partial charge in [-0.2, -0.15) is 11.8 Å². The molecule has 1 unspecified atom stereocenters. The van der Waals surface area contributed by atoms with Gasteiger partial charge in [-0.15, -0.1) is 0 Å². The third-order valence-electron chi connectivity index (χ3n) is 1.33. The van der Waals surface area contributed by atoms with Gasteiger partial charge in [-0.3, -0.25) is 0 Å². The predicted molar refractivity (Wildman–Crippen MR) is 55.2 cm³/mol. The van der Waals surface area contributed by atoms with Crippen LogP contribution in [0.4, 0.5) is 0 Å². The molecule has 0 amide bonds. The van der Waals surface area contributed by atoms with Crippen LogP contribution in [0.1, 0.15) is 27.2 Å². The largest absolute Gasteiger partial charge is 0.159 e. The Morgan fingerprint density at radius 2 is 1.90 bits per heavy atom. The Hall–Kier alpha value is 0.830. The zero-order valence-electron chi connectivity index (χ0n) is 7.06. The summed E-state index contributed by atoms with van der Waals surface area (Å²) in [5.41, 5.74) is 0. The summed E-state index contributed by atoms with van der Waals surface area (Å²) in [4.78, 5) is 0. The highest BCUT2D eigenvalue weighted by Gasteiger charge is 2.00. The molecule has 0 rings (SSSR count). The van der Waals surface area contributed by atoms with Crippen molar-refractivity contribution in [1.82, 2.24) is 0 Å². The van der Waals surface area contributed by atoms with Gasteiger partial charge in [-0.1, -0.05) is 36.7 Å². The van der Waals surface area contributed by atoms with Crippen molar-refractivity contribution < 1.29 is 0 Å². The molecule has 0 aromatic carbocycles. The van der Waals surface area contributed by atoms with Crippen molar-refractivity contribution in [2.45, 2.75) is 32.4 Å². The number of alkyl halides is 1. The molecule has 0 aliphatic carbocycles. The average Bonchev–Trinajstić information content (AvgIpc) is 1.87. The Balaban J connectivity index is 3.03. The molecule has 2 heteroatoms. The maximum absolute atomic E-state index is 3.47. The van der Waals surface area contributed by atoms with Crippen molar-refractivity contribution in [3.05, 3.63) is 0 Å². The molecule has 62 valence electrons. The molecule has 0 bridgehead atoms. The van der Waals surface area contributed by atoms with E-state index in [9.17, 15) is 0 Å². The molecule has 0 spiro atoms. The third kappa shape index (κ3) is 6.94. The van der Waals surface area contributed by atoms with Crippen molar-refractivity contribution in [3.8, 4) is 0 Å². The lowest BCUT2D eigenvalue weighted by Gasteiger charge is -2.07. The molecule has 0 radical (unpaired) electrons. The summed E-state index contributed by atoms with van der Waals surface area (Å²) in [6, 6.07) is 0. The molecule has 0 heterocycles. The Morgan fingerprint density at radius 1 is 1.30 bits per heavy atom. The number of thioether (sulfide) groups is 1. The van der Waals surface area contributed by atoms with Gasteiger partial charge in [0.05, 0.1) is 0 Å². The van der Waals surface area contributed by atoms with Crippen LogP contribution in [0, 0.1) is 5.92 Å². The zero-order valence-corrected chi connectivity index (χ0v) is 9.46. The second-order valence-electron chi connectivity index (χ2n) is 2.97. The van der Waals surface area contributed by atoms with E-state index in [0.717, 1.165) is 16.5 Å². The second-order valence-corrected chi connectivity index (χ2v) is 5.30. The normalized spacial score (nSPS) is 14.1. The molecule has 0 saturated carbocycles. The van der Waals surface area contributed by atoms with Gasteiger partial charge in [-0.05, 0) is 23.3 Å². The first-order chi connectivity index (χ1) is 4.66. The number of halogens is 1. The lowest BCUT2D eigenvalue weighted by atomic mass is 10.2. The molecular weight excluding hydrogens is 208 g/mol. The van der Waals surface area contributed by atoms with Crippen molar-refractivity contribution >= 4 is 27.7 Å². The molecule has 0 fully saturated rings. The van der Waals surface area contributed by atoms with E-state index in [1.807, 2.05) is 0 Å². The summed E-state index contributed by atoms with van der Waals surface area (Å²) in [5, 5.41) is 1.94. The molecule has 0 aliphatic rings. The van der Waals surface area contributed by atoms with E-state index in [4.69, 9.17) is 0 Å². The maximum atomic E-state index is 3.47. The van der Waals surface area contributed by atoms with Crippen molar-refractivity contribution in [2.24, 2.45) is 5.92 Å². The fourth-order valence-electron chi connectivity index (χ4n) is 0.582. The first kappa shape index (κ1) is 10.8. The monoisotopic (exact) mass is 224 g/mol. The van der Waals surface area contributed by atoms with Gasteiger partial charge < -0.3 is 0 Å². The van der Waals surface area contributed by atoms with Gasteiger partial charge >= 0.3 is 0 Å². The highest BCUT2D eigenvalue weighted by molar-refractivity contribution is 9.09. The lowest BCUT2D eigenvalue weighted by Crippen LogP contribution is -1.99. The van der Waals surface area contributed by atoms with Crippen LogP contribution >= 0.6 is 27.7 Å². The van der Waals surface area contributed by atoms with Crippen LogP contribution in [0.2, 0.25) is 0 Å². The number of hydrogen-bond donors (Lipinski definition) is 0. The lowest BCUT2D eigenvalue weighted by molar-refractivity contribution is 0.647. The van der Waals surface area contributed by atoms with E-state index < -0.39 is 0 Å². The summed E-state index contributed by atoms with van der Waals surface area (Å²) in [6.07, 6.45) is 1.34. The summed E-state index contributed by atoms with van der Waals surface area (Å²) >= 11 is 5.53. The number of hydrogen-bond acceptors (Lipinski definition) is 1.